The van der Waals surface area contributed by atoms with Crippen molar-refractivity contribution in [3.63, 3.8) is 0 Å². The summed E-state index contributed by atoms with van der Waals surface area (Å²) in [6.45, 7) is -0.133. The number of halogens is 1. The van der Waals surface area contributed by atoms with Crippen LogP contribution in [-0.2, 0) is 16.1 Å². The van der Waals surface area contributed by atoms with Crippen LogP contribution in [0.5, 0.6) is 0 Å². The van der Waals surface area contributed by atoms with Crippen molar-refractivity contribution in [2.24, 2.45) is 0 Å². The Bertz CT molecular complexity index is 1210. The molecule has 0 atom stereocenters. The van der Waals surface area contributed by atoms with Crippen LogP contribution in [0.2, 0.25) is 0 Å². The molecule has 8 heteroatoms. The maximum Gasteiger partial charge on any atom is 0.357 e. The number of rotatable bonds is 7. The number of thiophene rings is 1. The molecule has 2 aromatic heterocycles. The molecule has 0 aliphatic heterocycles. The highest BCUT2D eigenvalue weighted by molar-refractivity contribution is 7.13. The Balaban J connectivity index is 1.47. The number of aromatic nitrogens is 2. The number of nitrogens with zero attached hydrogens (tertiary/aromatic N) is 3. The molecule has 0 aliphatic rings. The van der Waals surface area contributed by atoms with Crippen LogP contribution in [0.15, 0.2) is 78.2 Å². The summed E-state index contributed by atoms with van der Waals surface area (Å²) in [4.78, 5) is 27.6. The predicted octanol–water partition coefficient (Wildman–Crippen LogP) is 4.56. The minimum Gasteiger partial charge on any atom is -0.451 e. The van der Waals surface area contributed by atoms with Gasteiger partial charge in [0.1, 0.15) is 11.5 Å². The maximum atomic E-state index is 13.1. The molecule has 0 fully saturated rings. The molecule has 162 valence electrons. The molecule has 2 aromatic carbocycles. The van der Waals surface area contributed by atoms with Gasteiger partial charge in [-0.05, 0) is 41.3 Å². The van der Waals surface area contributed by atoms with E-state index in [2.05, 4.69) is 5.10 Å². The first-order chi connectivity index (χ1) is 15.5. The van der Waals surface area contributed by atoms with Crippen molar-refractivity contribution < 1.29 is 18.7 Å². The Morgan fingerprint density at radius 2 is 1.81 bits per heavy atom. The zero-order valence-corrected chi connectivity index (χ0v) is 18.1. The fourth-order valence-corrected chi connectivity index (χ4v) is 3.78. The molecule has 4 aromatic rings. The average Bonchev–Trinajstić information content (AvgIpc) is 3.49. The predicted molar refractivity (Wildman–Crippen MR) is 120 cm³/mol. The zero-order valence-electron chi connectivity index (χ0n) is 17.3. The molecule has 0 saturated heterocycles. The van der Waals surface area contributed by atoms with Crippen molar-refractivity contribution in [2.75, 3.05) is 13.7 Å². The Morgan fingerprint density at radius 1 is 1.06 bits per heavy atom. The van der Waals surface area contributed by atoms with Gasteiger partial charge in [-0.15, -0.1) is 11.3 Å². The van der Waals surface area contributed by atoms with E-state index >= 15 is 0 Å². The first kappa shape index (κ1) is 21.5. The Kier molecular flexibility index (Phi) is 6.42. The van der Waals surface area contributed by atoms with Crippen LogP contribution in [-0.4, -0.2) is 40.2 Å². The molecule has 0 N–H and O–H groups in total. The van der Waals surface area contributed by atoms with E-state index in [0.717, 1.165) is 10.4 Å². The van der Waals surface area contributed by atoms with Crippen molar-refractivity contribution in [3.8, 4) is 16.3 Å². The molecule has 32 heavy (non-hydrogen) atoms. The van der Waals surface area contributed by atoms with Gasteiger partial charge in [-0.2, -0.15) is 5.10 Å². The highest BCUT2D eigenvalue weighted by Gasteiger charge is 2.21. The number of hydrogen-bond acceptors (Lipinski definition) is 5. The van der Waals surface area contributed by atoms with Crippen molar-refractivity contribution in [1.29, 1.82) is 0 Å². The molecule has 0 saturated carbocycles. The minimum atomic E-state index is -0.646. The number of ether oxygens (including phenoxy) is 1. The average molecular weight is 450 g/mol. The van der Waals surface area contributed by atoms with Gasteiger partial charge in [0.25, 0.3) is 5.91 Å². The second kappa shape index (κ2) is 9.57. The maximum absolute atomic E-state index is 13.1. The van der Waals surface area contributed by atoms with Gasteiger partial charge < -0.3 is 9.64 Å². The van der Waals surface area contributed by atoms with Crippen LogP contribution in [0.1, 0.15) is 16.1 Å². The lowest BCUT2D eigenvalue weighted by molar-refractivity contribution is -0.133. The number of carbonyl (C=O) groups excluding carboxylic acids is 2. The largest absolute Gasteiger partial charge is 0.451 e. The molecule has 2 heterocycles. The Morgan fingerprint density at radius 3 is 2.50 bits per heavy atom. The van der Waals surface area contributed by atoms with Gasteiger partial charge in [0.05, 0.1) is 10.6 Å². The van der Waals surface area contributed by atoms with Gasteiger partial charge in [0, 0.05) is 19.7 Å². The lowest BCUT2D eigenvalue weighted by Gasteiger charge is -2.17. The van der Waals surface area contributed by atoms with E-state index in [4.69, 9.17) is 4.74 Å². The van der Waals surface area contributed by atoms with Gasteiger partial charge in [-0.1, -0.05) is 36.4 Å². The number of hydrogen-bond donors (Lipinski definition) is 0. The lowest BCUT2D eigenvalue weighted by atomic mass is 10.2. The summed E-state index contributed by atoms with van der Waals surface area (Å²) in [6.07, 6.45) is 0. The minimum absolute atomic E-state index is 0.230. The van der Waals surface area contributed by atoms with Gasteiger partial charge in [0.15, 0.2) is 12.3 Å². The number of esters is 1. The summed E-state index contributed by atoms with van der Waals surface area (Å²) in [5, 5.41) is 6.50. The number of benzene rings is 2. The third-order valence-electron chi connectivity index (χ3n) is 4.78. The molecule has 0 spiro atoms. The zero-order chi connectivity index (χ0) is 22.5. The summed E-state index contributed by atoms with van der Waals surface area (Å²) in [6, 6.07) is 20.6. The molecule has 0 radical (unpaired) electrons. The number of likely N-dealkylation sites (N-methyl/N-ethyl adjacent to an activating group) is 1. The second-order valence-electron chi connectivity index (χ2n) is 7.09. The van der Waals surface area contributed by atoms with Crippen molar-refractivity contribution in [1.82, 2.24) is 14.7 Å². The number of para-hydroxylation sites is 1. The van der Waals surface area contributed by atoms with Crippen LogP contribution in [0.4, 0.5) is 4.39 Å². The van der Waals surface area contributed by atoms with Crippen LogP contribution >= 0.6 is 11.3 Å². The van der Waals surface area contributed by atoms with Gasteiger partial charge in [-0.25, -0.2) is 13.9 Å². The van der Waals surface area contributed by atoms with E-state index in [1.165, 1.54) is 33.1 Å². The lowest BCUT2D eigenvalue weighted by Crippen LogP contribution is -2.31. The van der Waals surface area contributed by atoms with Crippen molar-refractivity contribution in [3.05, 3.63) is 95.3 Å². The Labute approximate surface area is 188 Å². The topological polar surface area (TPSA) is 64.4 Å². The summed E-state index contributed by atoms with van der Waals surface area (Å²) in [7, 11) is 1.60. The molecule has 6 nitrogen and oxygen atoms in total. The summed E-state index contributed by atoms with van der Waals surface area (Å²) in [5.41, 5.74) is 2.36. The van der Waals surface area contributed by atoms with Crippen LogP contribution in [0.25, 0.3) is 16.3 Å². The van der Waals surface area contributed by atoms with E-state index in [-0.39, 0.29) is 24.0 Å². The fraction of sp³-hybridized carbons (Fsp3) is 0.125. The second-order valence-corrected chi connectivity index (χ2v) is 8.04. The van der Waals surface area contributed by atoms with Crippen LogP contribution in [0, 0.1) is 5.82 Å². The quantitative estimate of drug-likeness (QED) is 0.388. The highest BCUT2D eigenvalue weighted by Crippen LogP contribution is 2.26. The molecule has 4 rings (SSSR count). The van der Waals surface area contributed by atoms with Crippen LogP contribution in [0.3, 0.4) is 0 Å². The Hall–Kier alpha value is -3.78. The molecular formula is C24H20FN3O3S. The van der Waals surface area contributed by atoms with Gasteiger partial charge in [0.2, 0.25) is 0 Å². The van der Waals surface area contributed by atoms with Crippen molar-refractivity contribution >= 4 is 23.2 Å². The van der Waals surface area contributed by atoms with E-state index in [0.29, 0.717) is 11.4 Å². The highest BCUT2D eigenvalue weighted by atomic mass is 32.1. The standard InChI is InChI=1S/C24H20FN3O3S/c1-27(15-17-9-11-18(25)12-10-17)23(29)16-31-24(30)21-14-20(22-8-5-13-32-22)26-28(21)19-6-3-2-4-7-19/h2-14H,15-16H2,1H3. The number of carbonyl (C=O) groups is 2. The first-order valence-electron chi connectivity index (χ1n) is 9.86. The van der Waals surface area contributed by atoms with Crippen molar-refractivity contribution in [2.45, 2.75) is 6.54 Å². The normalized spacial score (nSPS) is 10.7. The molecule has 0 aliphatic carbocycles. The van der Waals surface area contributed by atoms with Crippen LogP contribution < -0.4 is 0 Å². The van der Waals surface area contributed by atoms with E-state index in [9.17, 15) is 14.0 Å². The van der Waals surface area contributed by atoms with E-state index < -0.39 is 12.6 Å². The first-order valence-corrected chi connectivity index (χ1v) is 10.7. The molecule has 0 unspecified atom stereocenters. The smallest absolute Gasteiger partial charge is 0.357 e. The van der Waals surface area contributed by atoms with E-state index in [1.807, 2.05) is 47.8 Å². The summed E-state index contributed by atoms with van der Waals surface area (Å²) in [5.74, 6) is -1.35. The van der Waals surface area contributed by atoms with Gasteiger partial charge >= 0.3 is 5.97 Å². The monoisotopic (exact) mass is 449 g/mol. The molecule has 0 bridgehead atoms. The number of amides is 1. The molecule has 1 amide bonds. The third-order valence-corrected chi connectivity index (χ3v) is 5.67. The van der Waals surface area contributed by atoms with E-state index in [1.54, 1.807) is 25.2 Å². The summed E-state index contributed by atoms with van der Waals surface area (Å²) >= 11 is 1.52. The SMILES string of the molecule is CN(Cc1ccc(F)cc1)C(=O)COC(=O)c1cc(-c2cccs2)nn1-c1ccccc1. The third kappa shape index (κ3) is 4.92. The fourth-order valence-electron chi connectivity index (χ4n) is 3.10. The van der Waals surface area contributed by atoms with Gasteiger partial charge in [-0.3, -0.25) is 4.79 Å². The summed E-state index contributed by atoms with van der Waals surface area (Å²) < 4.78 is 19.9. The molecular weight excluding hydrogens is 429 g/mol.